The number of nitrogens with one attached hydrogen (secondary N) is 2. The van der Waals surface area contributed by atoms with Crippen molar-refractivity contribution in [3.05, 3.63) is 65.5 Å². The van der Waals surface area contributed by atoms with Crippen LogP contribution in [0.25, 0.3) is 5.57 Å². The number of benzene rings is 1. The Kier molecular flexibility index (Phi) is 5.51. The van der Waals surface area contributed by atoms with Crippen LogP contribution in [0.2, 0.25) is 0 Å². The Morgan fingerprint density at radius 1 is 1.20 bits per heavy atom. The van der Waals surface area contributed by atoms with Crippen molar-refractivity contribution in [1.29, 1.82) is 0 Å². The maximum absolute atomic E-state index is 12.6. The van der Waals surface area contributed by atoms with Gasteiger partial charge in [-0.25, -0.2) is 4.79 Å². The average molecular weight is 405 g/mol. The summed E-state index contributed by atoms with van der Waals surface area (Å²) in [6, 6.07) is 10.7. The summed E-state index contributed by atoms with van der Waals surface area (Å²) < 4.78 is 5.53. The number of nitrogens with zero attached hydrogens (tertiary/aromatic N) is 2. The predicted molar refractivity (Wildman–Crippen MR) is 117 cm³/mol. The van der Waals surface area contributed by atoms with E-state index in [2.05, 4.69) is 33.8 Å². The molecule has 1 fully saturated rings. The maximum atomic E-state index is 12.6. The third-order valence-corrected chi connectivity index (χ3v) is 6.38. The smallest absolute Gasteiger partial charge is 0.322 e. The van der Waals surface area contributed by atoms with E-state index >= 15 is 0 Å². The van der Waals surface area contributed by atoms with Gasteiger partial charge < -0.3 is 20.3 Å². The minimum absolute atomic E-state index is 0.0705. The molecular weight excluding hydrogens is 376 g/mol. The van der Waals surface area contributed by atoms with Crippen LogP contribution in [0.3, 0.4) is 0 Å². The largest absolute Gasteiger partial charge is 0.381 e. The lowest BCUT2D eigenvalue weighted by Gasteiger charge is -2.26. The lowest BCUT2D eigenvalue weighted by atomic mass is 9.89. The van der Waals surface area contributed by atoms with E-state index in [1.165, 1.54) is 29.5 Å². The van der Waals surface area contributed by atoms with Crippen molar-refractivity contribution < 1.29 is 9.53 Å². The zero-order chi connectivity index (χ0) is 20.3. The first-order valence-corrected chi connectivity index (χ1v) is 10.8. The Morgan fingerprint density at radius 2 is 2.07 bits per heavy atom. The highest BCUT2D eigenvalue weighted by atomic mass is 16.5. The molecule has 4 heterocycles. The Bertz CT molecular complexity index is 909. The minimum atomic E-state index is -0.0705. The molecule has 0 aliphatic carbocycles. The topological polar surface area (TPSA) is 66.5 Å². The number of anilines is 1. The third kappa shape index (κ3) is 4.25. The Hall–Kier alpha value is -2.70. The second-order valence-corrected chi connectivity index (χ2v) is 8.51. The molecule has 5 rings (SSSR count). The molecule has 6 nitrogen and oxygen atoms in total. The fraction of sp³-hybridized carbons (Fsp3) is 0.417. The Morgan fingerprint density at radius 3 is 2.87 bits per heavy atom. The zero-order valence-electron chi connectivity index (χ0n) is 17.1. The second-order valence-electron chi connectivity index (χ2n) is 8.51. The molecule has 0 saturated carbocycles. The van der Waals surface area contributed by atoms with E-state index in [-0.39, 0.29) is 6.03 Å². The molecule has 2 aromatic rings. The second kappa shape index (κ2) is 8.58. The first-order valence-electron chi connectivity index (χ1n) is 10.8. The summed E-state index contributed by atoms with van der Waals surface area (Å²) in [5.74, 6) is 0.687. The van der Waals surface area contributed by atoms with Gasteiger partial charge in [-0.15, -0.1) is 0 Å². The van der Waals surface area contributed by atoms with Crippen LogP contribution in [-0.4, -0.2) is 41.7 Å². The fourth-order valence-corrected chi connectivity index (χ4v) is 4.68. The molecule has 1 saturated heterocycles. The molecule has 0 bridgehead atoms. The molecule has 156 valence electrons. The van der Waals surface area contributed by atoms with Gasteiger partial charge in [-0.3, -0.25) is 4.98 Å². The molecule has 2 atom stereocenters. The molecule has 2 N–H and O–H groups in total. The van der Waals surface area contributed by atoms with Gasteiger partial charge in [-0.05, 0) is 65.6 Å². The summed E-state index contributed by atoms with van der Waals surface area (Å²) in [7, 11) is 0. The van der Waals surface area contributed by atoms with Crippen molar-refractivity contribution in [1.82, 2.24) is 15.2 Å². The lowest BCUT2D eigenvalue weighted by Crippen LogP contribution is -2.34. The summed E-state index contributed by atoms with van der Waals surface area (Å²) in [6.45, 7) is 3.98. The number of ether oxygens (including phenoxy) is 1. The van der Waals surface area contributed by atoms with Gasteiger partial charge in [0.15, 0.2) is 0 Å². The van der Waals surface area contributed by atoms with Gasteiger partial charge in [-0.1, -0.05) is 18.2 Å². The quantitative estimate of drug-likeness (QED) is 0.813. The van der Waals surface area contributed by atoms with E-state index in [1.54, 1.807) is 6.20 Å². The molecule has 1 aromatic carbocycles. The first kappa shape index (κ1) is 19.3. The van der Waals surface area contributed by atoms with Crippen LogP contribution in [0.4, 0.5) is 10.5 Å². The van der Waals surface area contributed by atoms with Gasteiger partial charge in [0.25, 0.3) is 0 Å². The number of fused-ring (bicyclic) bond motifs is 1. The number of pyridine rings is 1. The summed E-state index contributed by atoms with van der Waals surface area (Å²) >= 11 is 0. The van der Waals surface area contributed by atoms with Crippen LogP contribution in [-0.2, 0) is 17.8 Å². The van der Waals surface area contributed by atoms with Crippen molar-refractivity contribution in [2.45, 2.75) is 38.4 Å². The molecule has 2 unspecified atom stereocenters. The number of carbonyl (C=O) groups is 1. The van der Waals surface area contributed by atoms with E-state index in [0.717, 1.165) is 37.4 Å². The van der Waals surface area contributed by atoms with Crippen molar-refractivity contribution >= 4 is 17.3 Å². The minimum Gasteiger partial charge on any atom is -0.381 e. The van der Waals surface area contributed by atoms with Crippen molar-refractivity contribution in [2.24, 2.45) is 5.92 Å². The van der Waals surface area contributed by atoms with E-state index in [0.29, 0.717) is 25.0 Å². The van der Waals surface area contributed by atoms with Crippen LogP contribution >= 0.6 is 0 Å². The van der Waals surface area contributed by atoms with Gasteiger partial charge in [0.2, 0.25) is 0 Å². The van der Waals surface area contributed by atoms with E-state index < -0.39 is 0 Å². The van der Waals surface area contributed by atoms with E-state index in [1.807, 2.05) is 29.3 Å². The predicted octanol–water partition coefficient (Wildman–Crippen LogP) is 3.80. The van der Waals surface area contributed by atoms with Crippen molar-refractivity contribution in [3.8, 4) is 0 Å². The van der Waals surface area contributed by atoms with Crippen molar-refractivity contribution in [3.63, 3.8) is 0 Å². The summed E-state index contributed by atoms with van der Waals surface area (Å²) in [5.41, 5.74) is 5.75. The molecule has 0 radical (unpaired) electrons. The van der Waals surface area contributed by atoms with Gasteiger partial charge >= 0.3 is 6.03 Å². The van der Waals surface area contributed by atoms with Crippen LogP contribution in [0.5, 0.6) is 0 Å². The van der Waals surface area contributed by atoms with Crippen molar-refractivity contribution in [2.75, 3.05) is 25.1 Å². The SMILES string of the molecule is O=C(Nc1ccc(C2=CCNC(CC3CCOC3)C2)cc1)N1Cc2ccncc2C1. The zero-order valence-corrected chi connectivity index (χ0v) is 17.1. The molecule has 3 aliphatic heterocycles. The van der Waals surface area contributed by atoms with Crippen LogP contribution in [0, 0.1) is 5.92 Å². The highest BCUT2D eigenvalue weighted by Gasteiger charge is 2.24. The number of aromatic nitrogens is 1. The average Bonchev–Trinajstić information content (AvgIpc) is 3.44. The van der Waals surface area contributed by atoms with Gasteiger partial charge in [0, 0.05) is 57.0 Å². The number of amides is 2. The highest BCUT2D eigenvalue weighted by Crippen LogP contribution is 2.28. The summed E-state index contributed by atoms with van der Waals surface area (Å²) in [5, 5.41) is 6.65. The van der Waals surface area contributed by atoms with Gasteiger partial charge in [0.1, 0.15) is 0 Å². The van der Waals surface area contributed by atoms with Gasteiger partial charge in [-0.2, -0.15) is 0 Å². The van der Waals surface area contributed by atoms with Crippen LogP contribution in [0.15, 0.2) is 48.8 Å². The molecule has 6 heteroatoms. The van der Waals surface area contributed by atoms with Gasteiger partial charge in [0.05, 0.1) is 0 Å². The number of urea groups is 1. The lowest BCUT2D eigenvalue weighted by molar-refractivity contribution is 0.181. The molecular formula is C24H28N4O2. The number of hydrogen-bond acceptors (Lipinski definition) is 4. The number of rotatable bonds is 4. The fourth-order valence-electron chi connectivity index (χ4n) is 4.68. The standard InChI is InChI=1S/C24H28N4O2/c29-24(28-14-20-5-8-25-13-21(20)15-28)27-22-3-1-18(2-4-22)19-6-9-26-23(12-19)11-17-7-10-30-16-17/h1-6,8,13,17,23,26H,7,9-12,14-16H2,(H,27,29). The number of carbonyl (C=O) groups excluding carboxylic acids is 1. The molecule has 0 spiro atoms. The molecule has 3 aliphatic rings. The molecule has 1 aromatic heterocycles. The first-order chi connectivity index (χ1) is 14.7. The van der Waals surface area contributed by atoms with E-state index in [4.69, 9.17) is 4.74 Å². The van der Waals surface area contributed by atoms with Crippen LogP contribution in [0.1, 0.15) is 36.0 Å². The number of hydrogen-bond donors (Lipinski definition) is 2. The summed E-state index contributed by atoms with van der Waals surface area (Å²) in [6.07, 6.45) is 9.31. The third-order valence-electron chi connectivity index (χ3n) is 6.38. The highest BCUT2D eigenvalue weighted by molar-refractivity contribution is 5.90. The Labute approximate surface area is 177 Å². The normalized spacial score (nSPS) is 23.2. The molecule has 30 heavy (non-hydrogen) atoms. The summed E-state index contributed by atoms with van der Waals surface area (Å²) in [4.78, 5) is 18.6. The van der Waals surface area contributed by atoms with E-state index in [9.17, 15) is 4.79 Å². The molecule has 2 amide bonds. The Balaban J connectivity index is 1.17. The van der Waals surface area contributed by atoms with Crippen LogP contribution < -0.4 is 10.6 Å². The monoisotopic (exact) mass is 404 g/mol. The maximum Gasteiger partial charge on any atom is 0.322 e.